The van der Waals surface area contributed by atoms with Crippen LogP contribution in [0.3, 0.4) is 0 Å². The Labute approximate surface area is 207 Å². The van der Waals surface area contributed by atoms with Crippen LogP contribution in [0.15, 0.2) is 65.1 Å². The minimum atomic E-state index is -0.693. The highest BCUT2D eigenvalue weighted by atomic mass is 79.9. The molecule has 4 nitrogen and oxygen atoms in total. The minimum Gasteiger partial charge on any atom is -0.485 e. The molecule has 0 amide bonds. The largest absolute Gasteiger partial charge is 0.485 e. The van der Waals surface area contributed by atoms with Gasteiger partial charge in [-0.25, -0.2) is 8.78 Å². The first-order chi connectivity index (χ1) is 16.3. The monoisotopic (exact) mass is 531 g/mol. The zero-order chi connectivity index (χ0) is 24.3. The van der Waals surface area contributed by atoms with Crippen LogP contribution in [0.1, 0.15) is 43.6 Å². The van der Waals surface area contributed by atoms with Crippen LogP contribution in [0, 0.1) is 11.6 Å². The number of nitrogens with one attached hydrogen (secondary N) is 1. The maximum absolute atomic E-state index is 14.4. The third-order valence-electron chi connectivity index (χ3n) is 5.84. The van der Waals surface area contributed by atoms with Gasteiger partial charge in [-0.1, -0.05) is 34.1 Å². The number of rotatable bonds is 8. The summed E-state index contributed by atoms with van der Waals surface area (Å²) in [5.74, 6) is 0.140. The molecule has 7 heteroatoms. The minimum absolute atomic E-state index is 0.0952. The highest BCUT2D eigenvalue weighted by molar-refractivity contribution is 9.10. The van der Waals surface area contributed by atoms with Gasteiger partial charge in [0.2, 0.25) is 0 Å². The predicted octanol–water partition coefficient (Wildman–Crippen LogP) is 7.17. The summed E-state index contributed by atoms with van der Waals surface area (Å²) in [6.07, 6.45) is -0.856. The summed E-state index contributed by atoms with van der Waals surface area (Å²) in [4.78, 5) is 0. The van der Waals surface area contributed by atoms with E-state index in [4.69, 9.17) is 14.2 Å². The maximum atomic E-state index is 14.4. The first-order valence-electron chi connectivity index (χ1n) is 11.2. The van der Waals surface area contributed by atoms with Gasteiger partial charge in [-0.15, -0.1) is 0 Å². The lowest BCUT2D eigenvalue weighted by molar-refractivity contribution is -0.166. The van der Waals surface area contributed by atoms with Crippen molar-refractivity contribution in [3.8, 4) is 5.75 Å². The summed E-state index contributed by atoms with van der Waals surface area (Å²) in [7, 11) is 0. The molecule has 0 aliphatic carbocycles. The maximum Gasteiger partial charge on any atom is 0.132 e. The van der Waals surface area contributed by atoms with E-state index in [0.29, 0.717) is 23.2 Å². The van der Waals surface area contributed by atoms with Crippen LogP contribution in [-0.2, 0) is 22.6 Å². The molecule has 180 valence electrons. The number of anilines is 1. The van der Waals surface area contributed by atoms with Crippen LogP contribution in [0.5, 0.6) is 5.75 Å². The summed E-state index contributed by atoms with van der Waals surface area (Å²) in [6.45, 7) is 6.96. The second-order valence-corrected chi connectivity index (χ2v) is 9.70. The molecule has 0 aromatic heterocycles. The van der Waals surface area contributed by atoms with Crippen molar-refractivity contribution in [2.75, 3.05) is 11.9 Å². The Bertz CT molecular complexity index is 1140. The fraction of sp³-hybridized carbons (Fsp3) is 0.333. The molecule has 1 aliphatic heterocycles. The molecule has 0 fully saturated rings. The summed E-state index contributed by atoms with van der Waals surface area (Å²) < 4.78 is 46.9. The van der Waals surface area contributed by atoms with Gasteiger partial charge in [0.15, 0.2) is 0 Å². The van der Waals surface area contributed by atoms with Crippen LogP contribution < -0.4 is 10.1 Å². The third-order valence-corrected chi connectivity index (χ3v) is 6.33. The Hall–Kier alpha value is -2.48. The standard InChI is InChI=1S/C27H28BrF2NO3/c1-4-32-25-22-14-21(31-15-17-5-9-20(29)10-6-17)11-12-24(22)34-27(2,3)26(25)33-16-18-7-8-19(28)13-23(18)30/h5-14,25-26,31H,4,15-16H2,1-3H3. The van der Waals surface area contributed by atoms with E-state index in [0.717, 1.165) is 22.6 Å². The number of halogens is 3. The van der Waals surface area contributed by atoms with Crippen molar-refractivity contribution in [2.24, 2.45) is 0 Å². The second kappa shape index (κ2) is 10.4. The molecule has 0 saturated carbocycles. The van der Waals surface area contributed by atoms with E-state index in [1.54, 1.807) is 24.3 Å². The number of ether oxygens (including phenoxy) is 3. The molecule has 3 aromatic rings. The van der Waals surface area contributed by atoms with Crippen LogP contribution in [0.25, 0.3) is 0 Å². The molecule has 4 rings (SSSR count). The Morgan fingerprint density at radius 1 is 1.00 bits per heavy atom. The van der Waals surface area contributed by atoms with Crippen LogP contribution in [0.4, 0.5) is 14.5 Å². The Morgan fingerprint density at radius 3 is 2.47 bits per heavy atom. The van der Waals surface area contributed by atoms with E-state index in [9.17, 15) is 8.78 Å². The highest BCUT2D eigenvalue weighted by Gasteiger charge is 2.45. The van der Waals surface area contributed by atoms with Gasteiger partial charge in [-0.3, -0.25) is 0 Å². The van der Waals surface area contributed by atoms with Crippen molar-refractivity contribution in [2.45, 2.75) is 51.7 Å². The normalized spacial score (nSPS) is 18.8. The Kier molecular flexibility index (Phi) is 7.55. The Morgan fingerprint density at radius 2 is 1.76 bits per heavy atom. The third kappa shape index (κ3) is 5.59. The lowest BCUT2D eigenvalue weighted by Gasteiger charge is -2.44. The van der Waals surface area contributed by atoms with Gasteiger partial charge in [0.1, 0.15) is 35.2 Å². The molecule has 2 unspecified atom stereocenters. The molecule has 0 spiro atoms. The van der Waals surface area contributed by atoms with Gasteiger partial charge in [-0.2, -0.15) is 0 Å². The number of hydrogen-bond acceptors (Lipinski definition) is 4. The zero-order valence-electron chi connectivity index (χ0n) is 19.4. The number of fused-ring (bicyclic) bond motifs is 1. The Balaban J connectivity index is 1.56. The van der Waals surface area contributed by atoms with Gasteiger partial charge >= 0.3 is 0 Å². The molecule has 3 aromatic carbocycles. The van der Waals surface area contributed by atoms with E-state index < -0.39 is 17.8 Å². The van der Waals surface area contributed by atoms with Crippen molar-refractivity contribution in [1.29, 1.82) is 0 Å². The molecule has 2 atom stereocenters. The SMILES string of the molecule is CCOC1c2cc(NCc3ccc(F)cc3)ccc2OC(C)(C)C1OCc1ccc(Br)cc1F. The van der Waals surface area contributed by atoms with Gasteiger partial charge < -0.3 is 19.5 Å². The molecule has 34 heavy (non-hydrogen) atoms. The first-order valence-corrected chi connectivity index (χ1v) is 12.0. The topological polar surface area (TPSA) is 39.7 Å². The summed E-state index contributed by atoms with van der Waals surface area (Å²) in [5, 5.41) is 3.37. The second-order valence-electron chi connectivity index (χ2n) is 8.78. The van der Waals surface area contributed by atoms with Crippen LogP contribution in [0.2, 0.25) is 0 Å². The van der Waals surface area contributed by atoms with Crippen LogP contribution >= 0.6 is 15.9 Å². The van der Waals surface area contributed by atoms with Crippen molar-refractivity contribution < 1.29 is 23.0 Å². The molecule has 0 radical (unpaired) electrons. The molecule has 1 N–H and O–H groups in total. The molecule has 0 saturated heterocycles. The summed E-state index contributed by atoms with van der Waals surface area (Å²) in [5.41, 5.74) is 2.49. The summed E-state index contributed by atoms with van der Waals surface area (Å²) in [6, 6.07) is 17.2. The molecule has 1 heterocycles. The van der Waals surface area contributed by atoms with Gasteiger partial charge in [-0.05, 0) is 68.8 Å². The van der Waals surface area contributed by atoms with E-state index in [1.807, 2.05) is 39.0 Å². The molecular formula is C27H28BrF2NO3. The van der Waals surface area contributed by atoms with Gasteiger partial charge in [0, 0.05) is 34.4 Å². The lowest BCUT2D eigenvalue weighted by Crippen LogP contribution is -2.51. The molecule has 0 bridgehead atoms. The quantitative estimate of drug-likeness (QED) is 0.334. The van der Waals surface area contributed by atoms with E-state index in [-0.39, 0.29) is 18.2 Å². The summed E-state index contributed by atoms with van der Waals surface area (Å²) >= 11 is 3.28. The molecular weight excluding hydrogens is 504 g/mol. The van der Waals surface area contributed by atoms with Crippen molar-refractivity contribution >= 4 is 21.6 Å². The molecule has 1 aliphatic rings. The smallest absolute Gasteiger partial charge is 0.132 e. The van der Waals surface area contributed by atoms with Gasteiger partial charge in [0.25, 0.3) is 0 Å². The average molecular weight is 532 g/mol. The average Bonchev–Trinajstić information content (AvgIpc) is 2.79. The van der Waals surface area contributed by atoms with E-state index >= 15 is 0 Å². The fourth-order valence-corrected chi connectivity index (χ4v) is 4.45. The predicted molar refractivity (Wildman–Crippen MR) is 132 cm³/mol. The van der Waals surface area contributed by atoms with Crippen molar-refractivity contribution in [3.05, 3.63) is 93.5 Å². The fourth-order valence-electron chi connectivity index (χ4n) is 4.11. The van der Waals surface area contributed by atoms with Crippen molar-refractivity contribution in [3.63, 3.8) is 0 Å². The zero-order valence-corrected chi connectivity index (χ0v) is 21.0. The highest BCUT2D eigenvalue weighted by Crippen LogP contribution is 2.44. The van der Waals surface area contributed by atoms with E-state index in [2.05, 4.69) is 21.2 Å². The number of hydrogen-bond donors (Lipinski definition) is 1. The van der Waals surface area contributed by atoms with Crippen LogP contribution in [-0.4, -0.2) is 18.3 Å². The van der Waals surface area contributed by atoms with Crippen molar-refractivity contribution in [1.82, 2.24) is 0 Å². The van der Waals surface area contributed by atoms with Gasteiger partial charge in [0.05, 0.1) is 6.61 Å². The lowest BCUT2D eigenvalue weighted by atomic mass is 9.87. The number of benzene rings is 3. The first kappa shape index (κ1) is 24.6. The van der Waals surface area contributed by atoms with E-state index in [1.165, 1.54) is 18.2 Å².